The van der Waals surface area contributed by atoms with E-state index in [2.05, 4.69) is 13.8 Å². The van der Waals surface area contributed by atoms with Crippen molar-refractivity contribution in [3.63, 3.8) is 0 Å². The van der Waals surface area contributed by atoms with Gasteiger partial charge in [-0.25, -0.2) is 0 Å². The lowest BCUT2D eigenvalue weighted by Gasteiger charge is -2.17. The van der Waals surface area contributed by atoms with E-state index in [1.54, 1.807) is 0 Å². The SMILES string of the molecule is COP(=O)(CC(=O)OCC(F)(F)F)OCC(F)(F)F. The maximum Gasteiger partial charge on any atom is 0.422 e. The van der Waals surface area contributed by atoms with Crippen LogP contribution in [0, 0.1) is 0 Å². The van der Waals surface area contributed by atoms with Gasteiger partial charge in [-0.05, 0) is 0 Å². The Hall–Kier alpha value is -0.800. The molecular formula is C7H9F6O5P. The first-order valence-corrected chi connectivity index (χ1v) is 6.18. The van der Waals surface area contributed by atoms with Crippen LogP contribution < -0.4 is 0 Å². The van der Waals surface area contributed by atoms with Gasteiger partial charge in [0.25, 0.3) is 0 Å². The van der Waals surface area contributed by atoms with Gasteiger partial charge in [0.2, 0.25) is 0 Å². The van der Waals surface area contributed by atoms with E-state index in [1.165, 1.54) is 0 Å². The van der Waals surface area contributed by atoms with E-state index in [-0.39, 0.29) is 0 Å². The summed E-state index contributed by atoms with van der Waals surface area (Å²) in [5, 5.41) is 0. The Balaban J connectivity index is 4.38. The molecule has 0 saturated heterocycles. The molecule has 12 heteroatoms. The normalized spacial score (nSPS) is 15.9. The number of halogens is 6. The van der Waals surface area contributed by atoms with E-state index in [4.69, 9.17) is 0 Å². The predicted octanol–water partition coefficient (Wildman–Crippen LogP) is 2.51. The largest absolute Gasteiger partial charge is 0.456 e. The molecule has 5 nitrogen and oxygen atoms in total. The zero-order valence-corrected chi connectivity index (χ0v) is 10.3. The van der Waals surface area contributed by atoms with E-state index < -0.39 is 45.3 Å². The van der Waals surface area contributed by atoms with Crippen molar-refractivity contribution in [1.29, 1.82) is 0 Å². The van der Waals surface area contributed by atoms with Gasteiger partial charge in [-0.3, -0.25) is 13.9 Å². The van der Waals surface area contributed by atoms with Gasteiger partial charge in [-0.15, -0.1) is 0 Å². The molecule has 0 fully saturated rings. The molecule has 0 aliphatic heterocycles. The van der Waals surface area contributed by atoms with Crippen molar-refractivity contribution >= 4 is 13.6 Å². The lowest BCUT2D eigenvalue weighted by atomic mass is 10.7. The quantitative estimate of drug-likeness (QED) is 0.428. The maximum absolute atomic E-state index is 11.8. The first-order chi connectivity index (χ1) is 8.37. The Kier molecular flexibility index (Phi) is 6.30. The Morgan fingerprint density at radius 1 is 1.05 bits per heavy atom. The van der Waals surface area contributed by atoms with Crippen molar-refractivity contribution in [2.24, 2.45) is 0 Å². The minimum atomic E-state index is -4.83. The fraction of sp³-hybridized carbons (Fsp3) is 0.857. The minimum absolute atomic E-state index is 0.689. The number of carbonyl (C=O) groups excluding carboxylic acids is 1. The zero-order valence-electron chi connectivity index (χ0n) is 9.38. The number of alkyl halides is 6. The second kappa shape index (κ2) is 6.58. The Morgan fingerprint density at radius 2 is 1.53 bits per heavy atom. The average Bonchev–Trinajstić information content (AvgIpc) is 2.22. The molecule has 0 aromatic rings. The maximum atomic E-state index is 11.8. The molecule has 0 aliphatic rings. The third-order valence-electron chi connectivity index (χ3n) is 1.42. The number of hydrogen-bond donors (Lipinski definition) is 0. The summed E-state index contributed by atoms with van der Waals surface area (Å²) in [6.45, 7) is -3.92. The number of carbonyl (C=O) groups is 1. The minimum Gasteiger partial charge on any atom is -0.456 e. The lowest BCUT2D eigenvalue weighted by molar-refractivity contribution is -0.184. The van der Waals surface area contributed by atoms with Crippen molar-refractivity contribution in [2.75, 3.05) is 26.5 Å². The molecule has 0 aromatic carbocycles. The monoisotopic (exact) mass is 318 g/mol. The molecule has 0 aliphatic carbocycles. The third kappa shape index (κ3) is 9.74. The first kappa shape index (κ1) is 18.2. The Morgan fingerprint density at radius 3 is 1.89 bits per heavy atom. The van der Waals surface area contributed by atoms with Crippen LogP contribution in [-0.4, -0.2) is 44.8 Å². The van der Waals surface area contributed by atoms with Crippen LogP contribution in [0.25, 0.3) is 0 Å². The third-order valence-corrected chi connectivity index (χ3v) is 3.15. The zero-order chi connectivity index (χ0) is 15.3. The van der Waals surface area contributed by atoms with E-state index in [0.29, 0.717) is 7.11 Å². The van der Waals surface area contributed by atoms with Crippen LogP contribution in [0.15, 0.2) is 0 Å². The highest BCUT2D eigenvalue weighted by Crippen LogP contribution is 2.48. The van der Waals surface area contributed by atoms with Gasteiger partial charge >= 0.3 is 25.9 Å². The van der Waals surface area contributed by atoms with Gasteiger partial charge in [-0.1, -0.05) is 0 Å². The fourth-order valence-electron chi connectivity index (χ4n) is 0.701. The van der Waals surface area contributed by atoms with Crippen molar-refractivity contribution in [2.45, 2.75) is 12.4 Å². The van der Waals surface area contributed by atoms with Crippen LogP contribution >= 0.6 is 7.60 Å². The van der Waals surface area contributed by atoms with Crippen LogP contribution in [0.5, 0.6) is 0 Å². The van der Waals surface area contributed by atoms with Gasteiger partial charge in [0.05, 0.1) is 0 Å². The van der Waals surface area contributed by atoms with Crippen molar-refractivity contribution in [3.05, 3.63) is 0 Å². The van der Waals surface area contributed by atoms with Gasteiger partial charge in [0, 0.05) is 7.11 Å². The number of hydrogen-bond acceptors (Lipinski definition) is 5. The summed E-state index contributed by atoms with van der Waals surface area (Å²) in [5.74, 6) is -1.65. The molecule has 0 radical (unpaired) electrons. The predicted molar refractivity (Wildman–Crippen MR) is 48.5 cm³/mol. The van der Waals surface area contributed by atoms with E-state index in [1.807, 2.05) is 0 Å². The fourth-order valence-corrected chi connectivity index (χ4v) is 1.78. The molecule has 1 atom stereocenters. The highest BCUT2D eigenvalue weighted by Gasteiger charge is 2.37. The number of rotatable bonds is 6. The molecule has 114 valence electrons. The molecule has 0 bridgehead atoms. The molecule has 0 spiro atoms. The molecule has 0 saturated carbocycles. The van der Waals surface area contributed by atoms with Crippen molar-refractivity contribution in [3.8, 4) is 0 Å². The van der Waals surface area contributed by atoms with Crippen LogP contribution in [0.3, 0.4) is 0 Å². The van der Waals surface area contributed by atoms with Crippen LogP contribution in [0.1, 0.15) is 0 Å². The van der Waals surface area contributed by atoms with Crippen LogP contribution in [0.2, 0.25) is 0 Å². The van der Waals surface area contributed by atoms with Crippen LogP contribution in [-0.2, 0) is 23.1 Å². The summed E-state index contributed by atoms with van der Waals surface area (Å²) in [6, 6.07) is 0. The molecule has 19 heavy (non-hydrogen) atoms. The highest BCUT2D eigenvalue weighted by atomic mass is 31.2. The van der Waals surface area contributed by atoms with E-state index in [9.17, 15) is 35.7 Å². The summed E-state index contributed by atoms with van der Waals surface area (Å²) < 4.78 is 93.5. The van der Waals surface area contributed by atoms with Crippen molar-refractivity contribution in [1.82, 2.24) is 0 Å². The van der Waals surface area contributed by atoms with Gasteiger partial charge < -0.3 is 9.26 Å². The second-order valence-corrected chi connectivity index (χ2v) is 5.28. The summed E-state index contributed by atoms with van der Waals surface area (Å²) in [4.78, 5) is 10.9. The number of esters is 1. The topological polar surface area (TPSA) is 61.8 Å². The smallest absolute Gasteiger partial charge is 0.422 e. The summed E-state index contributed by atoms with van der Waals surface area (Å²) in [6.07, 6.45) is -11.0. The summed E-state index contributed by atoms with van der Waals surface area (Å²) in [7, 11) is -3.81. The number of ether oxygens (including phenoxy) is 1. The van der Waals surface area contributed by atoms with E-state index >= 15 is 0 Å². The van der Waals surface area contributed by atoms with Gasteiger partial charge in [-0.2, -0.15) is 26.3 Å². The average molecular weight is 318 g/mol. The second-order valence-electron chi connectivity index (χ2n) is 3.12. The summed E-state index contributed by atoms with van der Waals surface area (Å²) in [5.41, 5.74) is 0. The molecule has 0 rings (SSSR count). The molecule has 0 aromatic heterocycles. The highest BCUT2D eigenvalue weighted by molar-refractivity contribution is 7.54. The lowest BCUT2D eigenvalue weighted by Crippen LogP contribution is -2.23. The van der Waals surface area contributed by atoms with Crippen molar-refractivity contribution < 1.29 is 49.5 Å². The van der Waals surface area contributed by atoms with E-state index in [0.717, 1.165) is 0 Å². The van der Waals surface area contributed by atoms with Gasteiger partial charge in [0.1, 0.15) is 6.16 Å². The molecule has 0 N–H and O–H groups in total. The summed E-state index contributed by atoms with van der Waals surface area (Å²) >= 11 is 0. The standard InChI is InChI=1S/C7H9F6O5P/c1-16-19(15,18-4-7(11,12)13)2-5(14)17-3-6(8,9)10/h2-4H2,1H3. The van der Waals surface area contributed by atoms with Gasteiger partial charge in [0.15, 0.2) is 13.2 Å². The molecule has 0 heterocycles. The van der Waals surface area contributed by atoms with Crippen LogP contribution in [0.4, 0.5) is 26.3 Å². The Bertz CT molecular complexity index is 351. The first-order valence-electron chi connectivity index (χ1n) is 4.45. The Labute approximate surface area is 103 Å². The molecule has 0 amide bonds. The molecule has 1 unspecified atom stereocenters. The molecular weight excluding hydrogens is 309 g/mol.